The third kappa shape index (κ3) is 4.47. The van der Waals surface area contributed by atoms with E-state index in [1.54, 1.807) is 0 Å². The van der Waals surface area contributed by atoms with E-state index in [0.717, 1.165) is 13.1 Å². The highest BCUT2D eigenvalue weighted by Gasteiger charge is 2.04. The second kappa shape index (κ2) is 8.00. The van der Waals surface area contributed by atoms with Gasteiger partial charge in [0.15, 0.2) is 0 Å². The predicted octanol–water partition coefficient (Wildman–Crippen LogP) is 5.04. The van der Waals surface area contributed by atoms with Crippen LogP contribution in [0.5, 0.6) is 0 Å². The van der Waals surface area contributed by atoms with E-state index in [2.05, 4.69) is 84.5 Å². The van der Waals surface area contributed by atoms with E-state index in [4.69, 9.17) is 0 Å². The third-order valence-electron chi connectivity index (χ3n) is 3.88. The first kappa shape index (κ1) is 17.3. The fourth-order valence-corrected chi connectivity index (χ4v) is 2.78. The highest BCUT2D eigenvalue weighted by molar-refractivity contribution is 5.85. The quantitative estimate of drug-likeness (QED) is 0.695. The van der Waals surface area contributed by atoms with Crippen LogP contribution < -0.4 is 0 Å². The summed E-state index contributed by atoms with van der Waals surface area (Å²) in [5.41, 5.74) is 5.15. The zero-order valence-electron chi connectivity index (χ0n) is 13.6. The van der Waals surface area contributed by atoms with Crippen molar-refractivity contribution < 1.29 is 0 Å². The molecule has 0 aliphatic rings. The number of aromatic amines is 1. The summed E-state index contributed by atoms with van der Waals surface area (Å²) in [7, 11) is 2.16. The van der Waals surface area contributed by atoms with Gasteiger partial charge in [-0.3, -0.25) is 4.90 Å². The average molecular weight is 327 g/mol. The van der Waals surface area contributed by atoms with Crippen LogP contribution in [0.4, 0.5) is 0 Å². The van der Waals surface area contributed by atoms with E-state index in [9.17, 15) is 0 Å². The molecule has 0 aliphatic heterocycles. The molecule has 1 heterocycles. The summed E-state index contributed by atoms with van der Waals surface area (Å²) >= 11 is 0. The normalized spacial score (nSPS) is 11.3. The van der Waals surface area contributed by atoms with Gasteiger partial charge in [-0.05, 0) is 36.6 Å². The van der Waals surface area contributed by atoms with Gasteiger partial charge in [-0.25, -0.2) is 0 Å². The maximum Gasteiger partial charge on any atom is 0.0499 e. The molecule has 0 saturated heterocycles. The van der Waals surface area contributed by atoms with Gasteiger partial charge in [0.2, 0.25) is 0 Å². The van der Waals surface area contributed by atoms with Crippen LogP contribution in [0.2, 0.25) is 0 Å². The van der Waals surface area contributed by atoms with Crippen LogP contribution in [-0.2, 0) is 6.54 Å². The Kier molecular flexibility index (Phi) is 6.03. The Labute approximate surface area is 144 Å². The highest BCUT2D eigenvalue weighted by Crippen LogP contribution is 2.18. The van der Waals surface area contributed by atoms with Crippen LogP contribution in [-0.4, -0.2) is 23.5 Å². The first-order chi connectivity index (χ1) is 10.7. The Morgan fingerprint density at radius 1 is 1.09 bits per heavy atom. The van der Waals surface area contributed by atoms with E-state index in [1.807, 2.05) is 6.20 Å². The van der Waals surface area contributed by atoms with Crippen molar-refractivity contribution in [2.45, 2.75) is 13.5 Å². The van der Waals surface area contributed by atoms with Crippen LogP contribution in [0, 0.1) is 6.92 Å². The zero-order chi connectivity index (χ0) is 15.4. The van der Waals surface area contributed by atoms with Crippen molar-refractivity contribution in [3.05, 3.63) is 77.5 Å². The van der Waals surface area contributed by atoms with E-state index in [-0.39, 0.29) is 12.4 Å². The Hall–Kier alpha value is -2.03. The Morgan fingerprint density at radius 3 is 2.74 bits per heavy atom. The van der Waals surface area contributed by atoms with Gasteiger partial charge in [-0.1, -0.05) is 60.2 Å². The van der Waals surface area contributed by atoms with Gasteiger partial charge in [-0.15, -0.1) is 12.4 Å². The largest absolute Gasteiger partial charge is 0.361 e. The number of H-pyrrole nitrogens is 1. The van der Waals surface area contributed by atoms with Crippen molar-refractivity contribution in [3.8, 4) is 0 Å². The molecule has 0 saturated carbocycles. The van der Waals surface area contributed by atoms with Crippen molar-refractivity contribution in [3.63, 3.8) is 0 Å². The molecule has 2 nitrogen and oxygen atoms in total. The number of hydrogen-bond donors (Lipinski definition) is 1. The lowest BCUT2D eigenvalue weighted by atomic mass is 10.1. The molecular formula is C20H23ClN2. The molecule has 1 aromatic heterocycles. The van der Waals surface area contributed by atoms with Gasteiger partial charge in [0.1, 0.15) is 0 Å². The molecule has 23 heavy (non-hydrogen) atoms. The summed E-state index contributed by atoms with van der Waals surface area (Å²) in [5, 5.41) is 1.28. The molecule has 0 unspecified atom stereocenters. The van der Waals surface area contributed by atoms with E-state index >= 15 is 0 Å². The van der Waals surface area contributed by atoms with Crippen molar-refractivity contribution in [2.24, 2.45) is 0 Å². The lowest BCUT2D eigenvalue weighted by Crippen LogP contribution is -2.17. The third-order valence-corrected chi connectivity index (χ3v) is 3.88. The summed E-state index contributed by atoms with van der Waals surface area (Å²) in [5.74, 6) is 0. The van der Waals surface area contributed by atoms with Crippen LogP contribution in [0.15, 0.2) is 60.8 Å². The number of fused-ring (bicyclic) bond motifs is 1. The van der Waals surface area contributed by atoms with Gasteiger partial charge < -0.3 is 4.98 Å². The molecule has 0 aliphatic carbocycles. The zero-order valence-corrected chi connectivity index (χ0v) is 14.4. The smallest absolute Gasteiger partial charge is 0.0499 e. The number of para-hydroxylation sites is 1. The van der Waals surface area contributed by atoms with Crippen LogP contribution in [0.3, 0.4) is 0 Å². The number of rotatable bonds is 5. The molecule has 2 aromatic carbocycles. The molecular weight excluding hydrogens is 304 g/mol. The Balaban J connectivity index is 0.00000192. The summed E-state index contributed by atoms with van der Waals surface area (Å²) in [6, 6.07) is 17.2. The van der Waals surface area contributed by atoms with Gasteiger partial charge in [-0.2, -0.15) is 0 Å². The van der Waals surface area contributed by atoms with Crippen molar-refractivity contribution >= 4 is 29.4 Å². The molecule has 120 valence electrons. The lowest BCUT2D eigenvalue weighted by molar-refractivity contribution is 0.365. The number of aromatic nitrogens is 1. The minimum Gasteiger partial charge on any atom is -0.361 e. The maximum absolute atomic E-state index is 3.34. The SMILES string of the molecule is Cc1cccc(/C=C/CN(C)Cc2cccc3cc[nH]c23)c1.Cl. The highest BCUT2D eigenvalue weighted by atomic mass is 35.5. The molecule has 3 aromatic rings. The second-order valence-electron chi connectivity index (χ2n) is 5.87. The molecule has 0 amide bonds. The van der Waals surface area contributed by atoms with Crippen LogP contribution in [0.1, 0.15) is 16.7 Å². The van der Waals surface area contributed by atoms with E-state index < -0.39 is 0 Å². The number of nitrogens with one attached hydrogen (secondary N) is 1. The first-order valence-corrected chi connectivity index (χ1v) is 7.69. The molecule has 1 N–H and O–H groups in total. The van der Waals surface area contributed by atoms with Crippen molar-refractivity contribution in [2.75, 3.05) is 13.6 Å². The Bertz CT molecular complexity index is 789. The van der Waals surface area contributed by atoms with Gasteiger partial charge in [0.25, 0.3) is 0 Å². The minimum atomic E-state index is 0. The first-order valence-electron chi connectivity index (χ1n) is 7.69. The number of hydrogen-bond acceptors (Lipinski definition) is 1. The number of nitrogens with zero attached hydrogens (tertiary/aromatic N) is 1. The number of halogens is 1. The molecule has 0 spiro atoms. The molecule has 0 bridgehead atoms. The molecule has 0 fully saturated rings. The summed E-state index contributed by atoms with van der Waals surface area (Å²) in [6.07, 6.45) is 6.42. The number of aryl methyl sites for hydroxylation is 1. The monoisotopic (exact) mass is 326 g/mol. The fraction of sp³-hybridized carbons (Fsp3) is 0.200. The topological polar surface area (TPSA) is 19.0 Å². The maximum atomic E-state index is 3.34. The Morgan fingerprint density at radius 2 is 1.91 bits per heavy atom. The number of likely N-dealkylation sites (N-methyl/N-ethyl adjacent to an activating group) is 1. The minimum absolute atomic E-state index is 0. The summed E-state index contributed by atoms with van der Waals surface area (Å²) < 4.78 is 0. The summed E-state index contributed by atoms with van der Waals surface area (Å²) in [6.45, 7) is 4.00. The van der Waals surface area contributed by atoms with Gasteiger partial charge >= 0.3 is 0 Å². The van der Waals surface area contributed by atoms with Gasteiger partial charge in [0.05, 0.1) is 0 Å². The fourth-order valence-electron chi connectivity index (χ4n) is 2.78. The summed E-state index contributed by atoms with van der Waals surface area (Å²) in [4.78, 5) is 5.66. The molecule has 0 atom stereocenters. The van der Waals surface area contributed by atoms with Crippen LogP contribution >= 0.6 is 12.4 Å². The lowest BCUT2D eigenvalue weighted by Gasteiger charge is -2.15. The van der Waals surface area contributed by atoms with Crippen molar-refractivity contribution in [1.29, 1.82) is 0 Å². The second-order valence-corrected chi connectivity index (χ2v) is 5.87. The predicted molar refractivity (Wildman–Crippen MR) is 102 cm³/mol. The standard InChI is InChI=1S/C20H22N2.ClH/c1-16-6-3-7-17(14-16)8-5-13-22(2)15-19-10-4-9-18-11-12-21-20(18)19;/h3-12,14,21H,13,15H2,1-2H3;1H/b8-5+;. The average Bonchev–Trinajstić information content (AvgIpc) is 2.97. The van der Waals surface area contributed by atoms with Crippen molar-refractivity contribution in [1.82, 2.24) is 9.88 Å². The van der Waals surface area contributed by atoms with E-state index in [0.29, 0.717) is 0 Å². The van der Waals surface area contributed by atoms with Gasteiger partial charge in [0, 0.05) is 24.8 Å². The molecule has 3 rings (SSSR count). The molecule has 3 heteroatoms. The number of benzene rings is 2. The van der Waals surface area contributed by atoms with E-state index in [1.165, 1.54) is 27.6 Å². The van der Waals surface area contributed by atoms with Crippen LogP contribution in [0.25, 0.3) is 17.0 Å². The molecule has 0 radical (unpaired) electrons.